The van der Waals surface area contributed by atoms with Gasteiger partial charge in [-0.3, -0.25) is 4.79 Å². The van der Waals surface area contributed by atoms with Crippen LogP contribution < -0.4 is 24.8 Å². The Labute approximate surface area is 194 Å². The van der Waals surface area contributed by atoms with Crippen molar-refractivity contribution >= 4 is 17.4 Å². The van der Waals surface area contributed by atoms with E-state index in [9.17, 15) is 9.18 Å². The Hall–Kier alpha value is -4.08. The summed E-state index contributed by atoms with van der Waals surface area (Å²) in [5.74, 6) is 1.66. The number of methoxy groups -OCH3 is 3. The fraction of sp³-hybridized carbons (Fsp3) is 0.292. The Morgan fingerprint density at radius 2 is 1.62 bits per heavy atom. The number of rotatable bonds is 5. The maximum absolute atomic E-state index is 13.6. The molecule has 0 saturated heterocycles. The quantitative estimate of drug-likeness (QED) is 0.572. The zero-order valence-electron chi connectivity index (χ0n) is 18.8. The van der Waals surface area contributed by atoms with Crippen LogP contribution in [0.3, 0.4) is 0 Å². The minimum Gasteiger partial charge on any atom is -0.493 e. The van der Waals surface area contributed by atoms with Gasteiger partial charge >= 0.3 is 0 Å². The van der Waals surface area contributed by atoms with E-state index in [0.29, 0.717) is 52.1 Å². The number of anilines is 2. The summed E-state index contributed by atoms with van der Waals surface area (Å²) in [5, 5.41) is 14.4. The number of nitrogens with one attached hydrogen (secondary N) is 2. The molecule has 1 aromatic heterocycles. The highest BCUT2D eigenvalue weighted by molar-refractivity contribution is 6.01. The number of allylic oxidation sites excluding steroid dienone is 1. The molecule has 0 fully saturated rings. The van der Waals surface area contributed by atoms with Crippen molar-refractivity contribution in [2.75, 3.05) is 32.0 Å². The van der Waals surface area contributed by atoms with Crippen LogP contribution in [0, 0.1) is 5.82 Å². The second-order valence-electron chi connectivity index (χ2n) is 8.09. The number of ketones is 1. The summed E-state index contributed by atoms with van der Waals surface area (Å²) in [5.41, 5.74) is 2.87. The van der Waals surface area contributed by atoms with Gasteiger partial charge in [0.25, 0.3) is 0 Å². The molecule has 2 heterocycles. The van der Waals surface area contributed by atoms with Crippen molar-refractivity contribution in [2.24, 2.45) is 0 Å². The minimum absolute atomic E-state index is 0.0450. The molecule has 3 aromatic rings. The van der Waals surface area contributed by atoms with E-state index in [-0.39, 0.29) is 23.9 Å². The molecular weight excluding hydrogens is 443 g/mol. The third kappa shape index (κ3) is 3.70. The van der Waals surface area contributed by atoms with Gasteiger partial charge in [0.05, 0.1) is 27.4 Å². The topological polar surface area (TPSA) is 108 Å². The third-order valence-electron chi connectivity index (χ3n) is 6.20. The van der Waals surface area contributed by atoms with Gasteiger partial charge in [0.1, 0.15) is 5.82 Å². The van der Waals surface area contributed by atoms with Crippen LogP contribution in [0.15, 0.2) is 52.3 Å². The van der Waals surface area contributed by atoms with Crippen LogP contribution in [0.2, 0.25) is 0 Å². The van der Waals surface area contributed by atoms with E-state index in [1.165, 1.54) is 33.5 Å². The first kappa shape index (κ1) is 21.7. The molecule has 0 saturated carbocycles. The largest absolute Gasteiger partial charge is 0.493 e. The molecule has 34 heavy (non-hydrogen) atoms. The van der Waals surface area contributed by atoms with Crippen molar-refractivity contribution in [3.05, 3.63) is 64.6 Å². The molecule has 0 amide bonds. The molecular formula is C24H23FN4O5. The molecule has 0 bridgehead atoms. The number of hydrogen-bond donors (Lipinski definition) is 2. The lowest BCUT2D eigenvalue weighted by Crippen LogP contribution is -2.27. The van der Waals surface area contributed by atoms with Crippen molar-refractivity contribution in [2.45, 2.75) is 24.8 Å². The lowest BCUT2D eigenvalue weighted by molar-refractivity contribution is -0.116. The van der Waals surface area contributed by atoms with Crippen LogP contribution in [0.4, 0.5) is 16.0 Å². The summed E-state index contributed by atoms with van der Waals surface area (Å²) >= 11 is 0. The van der Waals surface area contributed by atoms with E-state index in [0.717, 1.165) is 5.56 Å². The molecule has 9 nitrogen and oxygen atoms in total. The lowest BCUT2D eigenvalue weighted by atomic mass is 9.78. The highest BCUT2D eigenvalue weighted by atomic mass is 19.1. The van der Waals surface area contributed by atoms with E-state index in [1.807, 2.05) is 0 Å². The van der Waals surface area contributed by atoms with Crippen LogP contribution in [-0.2, 0) is 4.79 Å². The highest BCUT2D eigenvalue weighted by Crippen LogP contribution is 2.46. The van der Waals surface area contributed by atoms with Crippen LogP contribution in [0.25, 0.3) is 0 Å². The Balaban J connectivity index is 1.62. The zero-order valence-corrected chi connectivity index (χ0v) is 18.8. The van der Waals surface area contributed by atoms with E-state index in [2.05, 4.69) is 20.9 Å². The number of hydrogen-bond acceptors (Lipinski definition) is 9. The van der Waals surface area contributed by atoms with Gasteiger partial charge < -0.3 is 24.8 Å². The first-order valence-electron chi connectivity index (χ1n) is 10.7. The van der Waals surface area contributed by atoms with Crippen LogP contribution in [0.5, 0.6) is 17.2 Å². The normalized spacial score (nSPS) is 19.4. The van der Waals surface area contributed by atoms with Crippen LogP contribution in [0.1, 0.15) is 35.9 Å². The summed E-state index contributed by atoms with van der Waals surface area (Å²) < 4.78 is 34.8. The molecule has 2 aliphatic rings. The second kappa shape index (κ2) is 8.69. The van der Waals surface area contributed by atoms with Crippen LogP contribution >= 0.6 is 0 Å². The number of carbonyl (C=O) groups is 1. The first-order chi connectivity index (χ1) is 16.5. The zero-order chi connectivity index (χ0) is 23.8. The number of benzene rings is 2. The van der Waals surface area contributed by atoms with Crippen molar-refractivity contribution in [1.29, 1.82) is 0 Å². The number of fused-ring (bicyclic) bond motifs is 1. The van der Waals surface area contributed by atoms with Gasteiger partial charge in [0, 0.05) is 17.7 Å². The summed E-state index contributed by atoms with van der Waals surface area (Å²) in [6.07, 6.45) is 0.811. The van der Waals surface area contributed by atoms with Crippen molar-refractivity contribution in [3.8, 4) is 17.2 Å². The molecule has 1 aliphatic carbocycles. The van der Waals surface area contributed by atoms with Gasteiger partial charge in [-0.25, -0.2) is 9.02 Å². The first-order valence-corrected chi connectivity index (χ1v) is 10.7. The third-order valence-corrected chi connectivity index (χ3v) is 6.20. The number of Topliss-reactive ketones (excluding diaryl/α,β-unsaturated/α-hetero) is 1. The van der Waals surface area contributed by atoms with Gasteiger partial charge in [-0.2, -0.15) is 0 Å². The Bertz CT molecular complexity index is 1250. The molecule has 176 valence electrons. The summed E-state index contributed by atoms with van der Waals surface area (Å²) in [6.45, 7) is 0. The van der Waals surface area contributed by atoms with Crippen molar-refractivity contribution < 1.29 is 28.0 Å². The Morgan fingerprint density at radius 3 is 2.26 bits per heavy atom. The van der Waals surface area contributed by atoms with Gasteiger partial charge in [-0.15, -0.1) is 0 Å². The summed E-state index contributed by atoms with van der Waals surface area (Å²) in [4.78, 5) is 13.6. The summed E-state index contributed by atoms with van der Waals surface area (Å²) in [6, 6.07) is 9.25. The molecule has 2 aromatic carbocycles. The molecule has 10 heteroatoms. The number of nitrogens with zero attached hydrogens (tertiary/aromatic N) is 2. The molecule has 2 N–H and O–H groups in total. The summed E-state index contributed by atoms with van der Waals surface area (Å²) in [7, 11) is 4.60. The van der Waals surface area contributed by atoms with Crippen molar-refractivity contribution in [1.82, 2.24) is 10.3 Å². The molecule has 5 rings (SSSR count). The molecule has 0 radical (unpaired) electrons. The van der Waals surface area contributed by atoms with E-state index < -0.39 is 6.04 Å². The van der Waals surface area contributed by atoms with Gasteiger partial charge in [-0.1, -0.05) is 12.1 Å². The van der Waals surface area contributed by atoms with E-state index >= 15 is 0 Å². The van der Waals surface area contributed by atoms with Gasteiger partial charge in [0.15, 0.2) is 17.3 Å². The number of ether oxygens (including phenoxy) is 3. The predicted molar refractivity (Wildman–Crippen MR) is 121 cm³/mol. The Kier molecular flexibility index (Phi) is 5.56. The predicted octanol–water partition coefficient (Wildman–Crippen LogP) is 4.21. The van der Waals surface area contributed by atoms with Gasteiger partial charge in [0.2, 0.25) is 17.4 Å². The van der Waals surface area contributed by atoms with E-state index in [4.69, 9.17) is 18.8 Å². The lowest BCUT2D eigenvalue weighted by Gasteiger charge is -2.30. The molecule has 1 aliphatic heterocycles. The number of halogens is 1. The molecule has 0 spiro atoms. The average molecular weight is 466 g/mol. The van der Waals surface area contributed by atoms with E-state index in [1.54, 1.807) is 24.3 Å². The standard InChI is InChI=1S/C24H23FN4O5/c1-31-18-10-14(11-19(32-2)22(18)33-3)21-20-16(26-23-24(27-21)29-34-28-23)8-13(9-17(20)30)12-4-6-15(25)7-5-12/h4-7,10-11,13,21H,8-9H2,1-3H3,(H,26,28)(H,27,29)/t13-,21+/m0/s1. The SMILES string of the molecule is COc1cc([C@H]2Nc3nonc3NC3=C2C(=O)C[C@@H](c2ccc(F)cc2)C3)cc(OC)c1OC. The van der Waals surface area contributed by atoms with Crippen LogP contribution in [-0.4, -0.2) is 37.4 Å². The average Bonchev–Trinajstić information content (AvgIpc) is 3.21. The number of carbonyl (C=O) groups excluding carboxylic acids is 1. The fourth-order valence-electron chi connectivity index (χ4n) is 4.59. The maximum atomic E-state index is 13.6. The monoisotopic (exact) mass is 466 g/mol. The molecule has 0 unspecified atom stereocenters. The fourth-order valence-corrected chi connectivity index (χ4v) is 4.59. The second-order valence-corrected chi connectivity index (χ2v) is 8.09. The smallest absolute Gasteiger partial charge is 0.219 e. The van der Waals surface area contributed by atoms with Gasteiger partial charge in [-0.05, 0) is 58.0 Å². The minimum atomic E-state index is -0.578. The molecule has 2 atom stereocenters. The Morgan fingerprint density at radius 1 is 0.941 bits per heavy atom. The van der Waals surface area contributed by atoms with Crippen molar-refractivity contribution in [3.63, 3.8) is 0 Å². The highest BCUT2D eigenvalue weighted by Gasteiger charge is 2.38. The maximum Gasteiger partial charge on any atom is 0.219 e. The number of aromatic nitrogens is 2.